The molecule has 1 fully saturated rings. The van der Waals surface area contributed by atoms with Gasteiger partial charge in [-0.25, -0.2) is 4.39 Å². The maximum absolute atomic E-state index is 13.5. The molecular formula is C13H18BFN2. The fourth-order valence-corrected chi connectivity index (χ4v) is 2.29. The summed E-state index contributed by atoms with van der Waals surface area (Å²) in [5.41, 5.74) is 5.29. The molecule has 1 aromatic carbocycles. The average molecular weight is 232 g/mol. The third-order valence-corrected chi connectivity index (χ3v) is 3.42. The van der Waals surface area contributed by atoms with Gasteiger partial charge in [-0.3, -0.25) is 5.43 Å². The third-order valence-electron chi connectivity index (χ3n) is 3.42. The zero-order valence-corrected chi connectivity index (χ0v) is 10.5. The van der Waals surface area contributed by atoms with E-state index < -0.39 is 0 Å². The Morgan fingerprint density at radius 2 is 2.12 bits per heavy atom. The molecule has 1 saturated carbocycles. The molecule has 0 radical (unpaired) electrons. The first-order valence-corrected chi connectivity index (χ1v) is 6.23. The first kappa shape index (κ1) is 12.2. The molecule has 0 bridgehead atoms. The molecule has 1 N–H and O–H groups in total. The van der Waals surface area contributed by atoms with Crippen LogP contribution in [0.1, 0.15) is 32.6 Å². The van der Waals surface area contributed by atoms with Crippen LogP contribution >= 0.6 is 0 Å². The molecule has 0 aromatic heterocycles. The van der Waals surface area contributed by atoms with Gasteiger partial charge in [0.05, 0.1) is 5.69 Å². The van der Waals surface area contributed by atoms with Crippen molar-refractivity contribution in [3.05, 3.63) is 24.0 Å². The summed E-state index contributed by atoms with van der Waals surface area (Å²) in [5, 5.41) is 4.29. The van der Waals surface area contributed by atoms with E-state index >= 15 is 0 Å². The molecule has 17 heavy (non-hydrogen) atoms. The van der Waals surface area contributed by atoms with Gasteiger partial charge in [0.25, 0.3) is 0 Å². The number of benzene rings is 1. The van der Waals surface area contributed by atoms with E-state index in [1.165, 1.54) is 31.7 Å². The van der Waals surface area contributed by atoms with Gasteiger partial charge in [0.2, 0.25) is 0 Å². The van der Waals surface area contributed by atoms with Crippen molar-refractivity contribution in [3.63, 3.8) is 0 Å². The van der Waals surface area contributed by atoms with Gasteiger partial charge in [-0.05, 0) is 37.8 Å². The second kappa shape index (κ2) is 5.34. The lowest BCUT2D eigenvalue weighted by Crippen LogP contribution is -2.10. The molecule has 0 spiro atoms. The van der Waals surface area contributed by atoms with E-state index in [0.717, 1.165) is 11.2 Å². The Bertz CT molecular complexity index is 425. The lowest BCUT2D eigenvalue weighted by atomic mass is 9.96. The van der Waals surface area contributed by atoms with Crippen LogP contribution in [0.15, 0.2) is 23.3 Å². The summed E-state index contributed by atoms with van der Waals surface area (Å²) in [7, 11) is 1.87. The van der Waals surface area contributed by atoms with Gasteiger partial charge in [-0.15, -0.1) is 0 Å². The number of anilines is 1. The van der Waals surface area contributed by atoms with E-state index in [1.54, 1.807) is 6.07 Å². The molecule has 1 aliphatic carbocycles. The summed E-state index contributed by atoms with van der Waals surface area (Å²) < 4.78 is 13.5. The Kier molecular flexibility index (Phi) is 3.82. The predicted molar refractivity (Wildman–Crippen MR) is 73.3 cm³/mol. The van der Waals surface area contributed by atoms with Crippen molar-refractivity contribution in [2.45, 2.75) is 32.6 Å². The van der Waals surface area contributed by atoms with Crippen LogP contribution in [0, 0.1) is 11.7 Å². The van der Waals surface area contributed by atoms with Crippen molar-refractivity contribution in [3.8, 4) is 0 Å². The molecule has 0 heterocycles. The van der Waals surface area contributed by atoms with Crippen LogP contribution in [0.4, 0.5) is 10.1 Å². The van der Waals surface area contributed by atoms with Crippen LogP contribution in [-0.2, 0) is 0 Å². The maximum Gasteiger partial charge on any atom is 0.147 e. The first-order valence-electron chi connectivity index (χ1n) is 6.23. The van der Waals surface area contributed by atoms with E-state index in [4.69, 9.17) is 0 Å². The van der Waals surface area contributed by atoms with Crippen molar-refractivity contribution >= 4 is 24.7 Å². The number of halogens is 1. The number of hydrazone groups is 1. The van der Waals surface area contributed by atoms with E-state index in [2.05, 4.69) is 10.5 Å². The minimum Gasteiger partial charge on any atom is -0.276 e. The normalized spacial score (nSPS) is 17.4. The fourth-order valence-electron chi connectivity index (χ4n) is 2.29. The summed E-state index contributed by atoms with van der Waals surface area (Å²) in [4.78, 5) is 0. The molecule has 0 saturated heterocycles. The fraction of sp³-hybridized carbons (Fsp3) is 0.462. The number of nitrogens with one attached hydrogen (secondary N) is 1. The highest BCUT2D eigenvalue weighted by Gasteiger charge is 2.17. The second-order valence-corrected chi connectivity index (χ2v) is 4.83. The summed E-state index contributed by atoms with van der Waals surface area (Å²) >= 11 is 0. The van der Waals surface area contributed by atoms with Gasteiger partial charge < -0.3 is 0 Å². The molecule has 2 rings (SSSR count). The topological polar surface area (TPSA) is 24.4 Å². The molecular weight excluding hydrogens is 214 g/mol. The zero-order chi connectivity index (χ0) is 12.3. The molecule has 4 heteroatoms. The lowest BCUT2D eigenvalue weighted by molar-refractivity contribution is 0.631. The highest BCUT2D eigenvalue weighted by Crippen LogP contribution is 2.26. The van der Waals surface area contributed by atoms with E-state index in [0.29, 0.717) is 11.6 Å². The molecule has 1 aromatic rings. The smallest absolute Gasteiger partial charge is 0.147 e. The molecule has 0 atom stereocenters. The lowest BCUT2D eigenvalue weighted by Gasteiger charge is -2.09. The SMILES string of the molecule is Bc1ccc(N/N=C(\C)C2CCCC2)c(F)c1. The minimum absolute atomic E-state index is 0.243. The van der Waals surface area contributed by atoms with Gasteiger partial charge >= 0.3 is 0 Å². The summed E-state index contributed by atoms with van der Waals surface area (Å²) in [6, 6.07) is 5.13. The first-order chi connectivity index (χ1) is 8.16. The minimum atomic E-state index is -0.243. The summed E-state index contributed by atoms with van der Waals surface area (Å²) in [6.07, 6.45) is 5.01. The van der Waals surface area contributed by atoms with Crippen LogP contribution < -0.4 is 10.9 Å². The summed E-state index contributed by atoms with van der Waals surface area (Å²) in [5.74, 6) is 0.337. The highest BCUT2D eigenvalue weighted by molar-refractivity contribution is 6.32. The van der Waals surface area contributed by atoms with Crippen molar-refractivity contribution in [1.29, 1.82) is 0 Å². The molecule has 0 aliphatic heterocycles. The largest absolute Gasteiger partial charge is 0.276 e. The molecule has 2 nitrogen and oxygen atoms in total. The number of hydrogen-bond donors (Lipinski definition) is 1. The van der Waals surface area contributed by atoms with Crippen LogP contribution in [0.3, 0.4) is 0 Å². The van der Waals surface area contributed by atoms with Crippen molar-refractivity contribution in [1.82, 2.24) is 0 Å². The molecule has 1 aliphatic rings. The maximum atomic E-state index is 13.5. The summed E-state index contributed by atoms with van der Waals surface area (Å²) in [6.45, 7) is 2.02. The van der Waals surface area contributed by atoms with E-state index in [9.17, 15) is 4.39 Å². The standard InChI is InChI=1S/C13H18BFN2/c1-9(10-4-2-3-5-10)16-17-13-7-6-11(14)8-12(13)15/h6-8,10,17H,2-5,14H2,1H3/b16-9+. The Morgan fingerprint density at radius 3 is 2.76 bits per heavy atom. The number of rotatable bonds is 3. The second-order valence-electron chi connectivity index (χ2n) is 4.83. The van der Waals surface area contributed by atoms with Gasteiger partial charge in [-0.1, -0.05) is 24.4 Å². The van der Waals surface area contributed by atoms with Gasteiger partial charge in [0.1, 0.15) is 13.7 Å². The average Bonchev–Trinajstić information content (AvgIpc) is 2.81. The zero-order valence-electron chi connectivity index (χ0n) is 10.5. The van der Waals surface area contributed by atoms with Gasteiger partial charge in [0.15, 0.2) is 0 Å². The molecule has 0 unspecified atom stereocenters. The monoisotopic (exact) mass is 232 g/mol. The number of nitrogens with zero attached hydrogens (tertiary/aromatic N) is 1. The van der Waals surface area contributed by atoms with Crippen LogP contribution in [0.2, 0.25) is 0 Å². The molecule has 90 valence electrons. The highest BCUT2D eigenvalue weighted by atomic mass is 19.1. The van der Waals surface area contributed by atoms with Crippen LogP contribution in [0.5, 0.6) is 0 Å². The van der Waals surface area contributed by atoms with E-state index in [-0.39, 0.29) is 5.82 Å². The van der Waals surface area contributed by atoms with Crippen LogP contribution in [0.25, 0.3) is 0 Å². The Morgan fingerprint density at radius 1 is 1.41 bits per heavy atom. The van der Waals surface area contributed by atoms with Crippen molar-refractivity contribution < 1.29 is 4.39 Å². The third kappa shape index (κ3) is 3.08. The van der Waals surface area contributed by atoms with Crippen molar-refractivity contribution in [2.75, 3.05) is 5.43 Å². The Hall–Kier alpha value is -1.32. The van der Waals surface area contributed by atoms with Crippen molar-refractivity contribution in [2.24, 2.45) is 11.0 Å². The number of hydrogen-bond acceptors (Lipinski definition) is 2. The van der Waals surface area contributed by atoms with Crippen LogP contribution in [-0.4, -0.2) is 13.6 Å². The van der Waals surface area contributed by atoms with Gasteiger partial charge in [0, 0.05) is 5.71 Å². The Balaban J connectivity index is 2.03. The Labute approximate surface area is 103 Å². The predicted octanol–water partition coefficient (Wildman–Crippen LogP) is 2.06. The van der Waals surface area contributed by atoms with Gasteiger partial charge in [-0.2, -0.15) is 5.10 Å². The quantitative estimate of drug-likeness (QED) is 0.481. The molecule has 0 amide bonds. The van der Waals surface area contributed by atoms with E-state index in [1.807, 2.05) is 20.8 Å².